The van der Waals surface area contributed by atoms with E-state index in [1.54, 1.807) is 0 Å². The maximum absolute atomic E-state index is 12.7. The van der Waals surface area contributed by atoms with Crippen LogP contribution in [0.5, 0.6) is 0 Å². The molecule has 0 spiro atoms. The van der Waals surface area contributed by atoms with Gasteiger partial charge in [0.1, 0.15) is 0 Å². The Labute approximate surface area is 133 Å². The van der Waals surface area contributed by atoms with Crippen molar-refractivity contribution >= 4 is 23.4 Å². The molecular weight excluding hydrogens is 416 g/mol. The van der Waals surface area contributed by atoms with Crippen LogP contribution in [-0.2, 0) is 4.79 Å². The third-order valence-electron chi connectivity index (χ3n) is 2.07. The Bertz CT molecular complexity index is 487. The van der Waals surface area contributed by atoms with Crippen molar-refractivity contribution < 1.29 is 62.6 Å². The number of nitrogens with zero attached hydrogens (tertiary/aromatic N) is 1. The maximum Gasteiger partial charge on any atom is 0.440 e. The molecule has 0 fully saturated rings. The first-order chi connectivity index (χ1) is 10.8. The number of hydrogen-bond acceptors (Lipinski definition) is 4. The summed E-state index contributed by atoms with van der Waals surface area (Å²) < 4.78 is 149. The van der Waals surface area contributed by atoms with E-state index in [9.17, 15) is 57.5 Å². The normalized spacial score (nSPS) is 14.2. The SMILES string of the molecule is O=C(O)CSC(NN=C(C(F)(F)F)C(F)(F)F)(C(F)(F)F)C(F)(F)F. The molecule has 0 aromatic heterocycles. The van der Waals surface area contributed by atoms with Crippen LogP contribution in [0.4, 0.5) is 52.7 Å². The van der Waals surface area contributed by atoms with Crippen LogP contribution in [0.3, 0.4) is 0 Å². The van der Waals surface area contributed by atoms with Crippen LogP contribution in [0.1, 0.15) is 0 Å². The summed E-state index contributed by atoms with van der Waals surface area (Å²) in [7, 11) is 0. The first kappa shape index (κ1) is 23.4. The largest absolute Gasteiger partial charge is 0.481 e. The molecule has 25 heavy (non-hydrogen) atoms. The Morgan fingerprint density at radius 1 is 0.840 bits per heavy atom. The number of halogens is 12. The molecule has 0 amide bonds. The Kier molecular flexibility index (Phi) is 6.55. The van der Waals surface area contributed by atoms with Crippen molar-refractivity contribution in [2.24, 2.45) is 5.10 Å². The summed E-state index contributed by atoms with van der Waals surface area (Å²) in [5, 5.41) is 9.38. The molecule has 17 heteroatoms. The third kappa shape index (κ3) is 5.74. The molecule has 0 aromatic carbocycles. The highest BCUT2D eigenvalue weighted by molar-refractivity contribution is 8.01. The van der Waals surface area contributed by atoms with Crippen LogP contribution in [0.25, 0.3) is 0 Å². The number of carbonyl (C=O) groups is 1. The molecule has 4 nitrogen and oxygen atoms in total. The topological polar surface area (TPSA) is 61.7 Å². The number of rotatable bonds is 5. The number of hydrazone groups is 1. The number of thioether (sulfide) groups is 1. The van der Waals surface area contributed by atoms with Crippen LogP contribution in [0.15, 0.2) is 5.10 Å². The zero-order valence-corrected chi connectivity index (χ0v) is 11.8. The van der Waals surface area contributed by atoms with Crippen LogP contribution in [-0.4, -0.2) is 52.1 Å². The molecular formula is C8H4F12N2O2S. The summed E-state index contributed by atoms with van der Waals surface area (Å²) >= 11 is -1.55. The van der Waals surface area contributed by atoms with Crippen molar-refractivity contribution in [2.75, 3.05) is 5.75 Å². The van der Waals surface area contributed by atoms with Crippen LogP contribution in [0, 0.1) is 0 Å². The highest BCUT2D eigenvalue weighted by Crippen LogP contribution is 2.50. The Balaban J connectivity index is 6.25. The zero-order valence-electron chi connectivity index (χ0n) is 11.0. The molecule has 0 bridgehead atoms. The first-order valence-electron chi connectivity index (χ1n) is 5.24. The lowest BCUT2D eigenvalue weighted by atomic mass is 10.3. The van der Waals surface area contributed by atoms with E-state index in [0.29, 0.717) is 0 Å². The van der Waals surface area contributed by atoms with Gasteiger partial charge >= 0.3 is 30.7 Å². The van der Waals surface area contributed by atoms with Crippen molar-refractivity contribution in [3.05, 3.63) is 0 Å². The smallest absolute Gasteiger partial charge is 0.440 e. The van der Waals surface area contributed by atoms with Gasteiger partial charge in [-0.2, -0.15) is 57.8 Å². The van der Waals surface area contributed by atoms with Gasteiger partial charge in [0.05, 0.1) is 5.75 Å². The van der Waals surface area contributed by atoms with E-state index >= 15 is 0 Å². The van der Waals surface area contributed by atoms with Crippen molar-refractivity contribution in [3.8, 4) is 0 Å². The number of carboxylic acid groups (broad SMARTS) is 1. The third-order valence-corrected chi connectivity index (χ3v) is 3.45. The van der Waals surface area contributed by atoms with Gasteiger partial charge in [0.2, 0.25) is 5.71 Å². The highest BCUT2D eigenvalue weighted by atomic mass is 32.2. The lowest BCUT2D eigenvalue weighted by molar-refractivity contribution is -0.273. The Hall–Kier alpha value is -1.55. The zero-order chi connectivity index (χ0) is 20.5. The second-order valence-electron chi connectivity index (χ2n) is 3.93. The summed E-state index contributed by atoms with van der Waals surface area (Å²) in [4.78, 5) is 4.65. The number of nitrogens with one attached hydrogen (secondary N) is 1. The monoisotopic (exact) mass is 420 g/mol. The van der Waals surface area contributed by atoms with E-state index in [-0.39, 0.29) is 5.43 Å². The molecule has 0 saturated heterocycles. The fourth-order valence-electron chi connectivity index (χ4n) is 1.08. The molecule has 2 N–H and O–H groups in total. The minimum absolute atomic E-state index is 0.221. The standard InChI is InChI=1S/C8H4F12N2O2S/c9-4(10,11)3(5(12,13)14)21-22-6(7(15,16)17,8(18,19)20)25-1-2(23)24/h22H,1H2,(H,23,24). The van der Waals surface area contributed by atoms with E-state index < -0.39 is 58.8 Å². The van der Waals surface area contributed by atoms with Crippen LogP contribution >= 0.6 is 11.8 Å². The lowest BCUT2D eigenvalue weighted by Gasteiger charge is -2.35. The fourth-order valence-corrected chi connectivity index (χ4v) is 1.85. The van der Waals surface area contributed by atoms with Crippen molar-refractivity contribution in [1.82, 2.24) is 5.43 Å². The van der Waals surface area contributed by atoms with Crippen molar-refractivity contribution in [3.63, 3.8) is 0 Å². The van der Waals surface area contributed by atoms with Gasteiger partial charge in [-0.1, -0.05) is 0 Å². The minimum Gasteiger partial charge on any atom is -0.481 e. The van der Waals surface area contributed by atoms with Gasteiger partial charge in [-0.25, -0.2) is 0 Å². The fraction of sp³-hybridized carbons (Fsp3) is 0.750. The van der Waals surface area contributed by atoms with Gasteiger partial charge in [0.15, 0.2) is 0 Å². The number of hydrogen-bond donors (Lipinski definition) is 2. The van der Waals surface area contributed by atoms with E-state index in [0.717, 1.165) is 0 Å². The second-order valence-corrected chi connectivity index (χ2v) is 5.12. The summed E-state index contributed by atoms with van der Waals surface area (Å²) in [5.41, 5.74) is -4.14. The van der Waals surface area contributed by atoms with Gasteiger partial charge < -0.3 is 5.11 Å². The predicted octanol–water partition coefficient (Wildman–Crippen LogP) is 3.70. The maximum atomic E-state index is 12.7. The second kappa shape index (κ2) is 6.99. The molecule has 0 aliphatic rings. The van der Waals surface area contributed by atoms with Crippen molar-refractivity contribution in [1.29, 1.82) is 0 Å². The lowest BCUT2D eigenvalue weighted by Crippen LogP contribution is -2.63. The number of alkyl halides is 12. The molecule has 0 heterocycles. The summed E-state index contributed by atoms with van der Waals surface area (Å²) in [6.45, 7) is 0. The van der Waals surface area contributed by atoms with Gasteiger partial charge in [-0.15, -0.1) is 11.8 Å². The van der Waals surface area contributed by atoms with E-state index in [4.69, 9.17) is 5.11 Å². The Morgan fingerprint density at radius 2 is 1.20 bits per heavy atom. The Morgan fingerprint density at radius 3 is 1.44 bits per heavy atom. The molecule has 148 valence electrons. The van der Waals surface area contributed by atoms with Gasteiger partial charge in [-0.3, -0.25) is 10.2 Å². The van der Waals surface area contributed by atoms with Crippen molar-refractivity contribution in [2.45, 2.75) is 29.6 Å². The van der Waals surface area contributed by atoms with E-state index in [2.05, 4.69) is 0 Å². The predicted molar refractivity (Wildman–Crippen MR) is 57.6 cm³/mol. The molecule has 0 rings (SSSR count). The van der Waals surface area contributed by atoms with Gasteiger partial charge in [0.25, 0.3) is 4.87 Å². The molecule has 0 aliphatic carbocycles. The quantitative estimate of drug-likeness (QED) is 0.308. The molecule has 0 atom stereocenters. The van der Waals surface area contributed by atoms with E-state index in [1.807, 2.05) is 0 Å². The number of carboxylic acids is 1. The van der Waals surface area contributed by atoms with Gasteiger partial charge in [0, 0.05) is 0 Å². The molecule has 0 aromatic rings. The molecule has 0 saturated carbocycles. The molecule has 0 aliphatic heterocycles. The summed E-state index contributed by atoms with van der Waals surface area (Å²) in [5.74, 6) is -4.21. The summed E-state index contributed by atoms with van der Waals surface area (Å²) in [6, 6.07) is 0. The molecule has 0 unspecified atom stereocenters. The minimum atomic E-state index is -6.56. The van der Waals surface area contributed by atoms with E-state index in [1.165, 1.54) is 5.10 Å². The van der Waals surface area contributed by atoms with Crippen LogP contribution in [0.2, 0.25) is 0 Å². The first-order valence-corrected chi connectivity index (χ1v) is 6.22. The average Bonchev–Trinajstić information content (AvgIpc) is 2.26. The molecule has 0 radical (unpaired) electrons. The number of aliphatic carboxylic acids is 1. The van der Waals surface area contributed by atoms with Gasteiger partial charge in [-0.05, 0) is 0 Å². The van der Waals surface area contributed by atoms with Crippen LogP contribution < -0.4 is 5.43 Å². The average molecular weight is 420 g/mol. The highest BCUT2D eigenvalue weighted by Gasteiger charge is 2.73. The summed E-state index contributed by atoms with van der Waals surface area (Å²) in [6.07, 6.45) is -26.0.